The summed E-state index contributed by atoms with van der Waals surface area (Å²) < 4.78 is 0. The Bertz CT molecular complexity index is 2530. The molecule has 5 nitrogen and oxygen atoms in total. The molecule has 5 heterocycles. The molecule has 0 aliphatic carbocycles. The molecule has 5 aromatic heterocycles. The molecule has 0 saturated heterocycles. The van der Waals surface area contributed by atoms with Crippen molar-refractivity contribution in [2.24, 2.45) is 0 Å². The van der Waals surface area contributed by atoms with Crippen LogP contribution in [0.15, 0.2) is 201 Å². The second-order valence-electron chi connectivity index (χ2n) is 13.0. The first-order valence-corrected chi connectivity index (χ1v) is 17.9. The average Bonchev–Trinajstić information content (AvgIpc) is 3.27. The monoisotopic (exact) mass is 691 g/mol. The number of hydrogen-bond donors (Lipinski definition) is 0. The second-order valence-corrected chi connectivity index (χ2v) is 13.0. The Labute approximate surface area is 314 Å². The van der Waals surface area contributed by atoms with Crippen molar-refractivity contribution < 1.29 is 0 Å². The summed E-state index contributed by atoms with van der Waals surface area (Å²) in [5, 5.41) is 0. The summed E-state index contributed by atoms with van der Waals surface area (Å²) in [5.41, 5.74) is 16.6. The van der Waals surface area contributed by atoms with E-state index in [2.05, 4.69) is 130 Å². The normalized spacial score (nSPS) is 11.0. The number of aromatic nitrogens is 5. The van der Waals surface area contributed by atoms with Gasteiger partial charge in [0.1, 0.15) is 0 Å². The standard InChI is InChI=1S/C49H33N5/c1-4-14-43(40(11-1)34-23-27-50-28-24-34)37-29-38(44-15-5-2-12-41(44)35-19-21-48(53-32-35)46-17-7-9-25-51-46)31-39(30-37)45-16-6-3-13-42(45)36-20-22-49(54-33-36)47-18-8-10-26-52-47/h1-33H. The Morgan fingerprint density at radius 1 is 0.241 bits per heavy atom. The van der Waals surface area contributed by atoms with Crippen molar-refractivity contribution >= 4 is 0 Å². The second kappa shape index (κ2) is 14.7. The fourth-order valence-electron chi connectivity index (χ4n) is 7.02. The minimum atomic E-state index is 0.841. The van der Waals surface area contributed by atoms with E-state index in [-0.39, 0.29) is 0 Å². The van der Waals surface area contributed by atoms with Crippen molar-refractivity contribution in [3.63, 3.8) is 0 Å². The number of rotatable bonds is 8. The highest BCUT2D eigenvalue weighted by molar-refractivity contribution is 5.94. The van der Waals surface area contributed by atoms with E-state index in [9.17, 15) is 0 Å². The lowest BCUT2D eigenvalue weighted by Crippen LogP contribution is -1.93. The minimum absolute atomic E-state index is 0.841. The molecule has 0 bridgehead atoms. The number of nitrogens with zero attached hydrogens (tertiary/aromatic N) is 5. The third-order valence-electron chi connectivity index (χ3n) is 9.64. The molecule has 9 rings (SSSR count). The van der Waals surface area contributed by atoms with Crippen LogP contribution in [0.1, 0.15) is 0 Å². The molecule has 54 heavy (non-hydrogen) atoms. The van der Waals surface area contributed by atoms with Crippen molar-refractivity contribution in [2.45, 2.75) is 0 Å². The summed E-state index contributed by atoms with van der Waals surface area (Å²) in [6.45, 7) is 0. The maximum atomic E-state index is 4.83. The molecular formula is C49H33N5. The van der Waals surface area contributed by atoms with Crippen molar-refractivity contribution in [3.8, 4) is 89.5 Å². The van der Waals surface area contributed by atoms with Crippen LogP contribution in [0.3, 0.4) is 0 Å². The van der Waals surface area contributed by atoms with Gasteiger partial charge < -0.3 is 0 Å². The Hall–Kier alpha value is -7.37. The predicted octanol–water partition coefficient (Wildman–Crippen LogP) is 12.0. The first-order valence-electron chi connectivity index (χ1n) is 17.9. The van der Waals surface area contributed by atoms with Crippen LogP contribution in [-0.2, 0) is 0 Å². The van der Waals surface area contributed by atoms with E-state index in [0.717, 1.165) is 89.5 Å². The number of benzene rings is 4. The molecule has 4 aromatic carbocycles. The van der Waals surface area contributed by atoms with Crippen LogP contribution in [-0.4, -0.2) is 24.9 Å². The Kier molecular flexibility index (Phi) is 8.86. The van der Waals surface area contributed by atoms with Gasteiger partial charge in [-0.2, -0.15) is 0 Å². The van der Waals surface area contributed by atoms with Crippen molar-refractivity contribution in [1.82, 2.24) is 24.9 Å². The lowest BCUT2D eigenvalue weighted by Gasteiger charge is -2.18. The molecule has 9 aromatic rings. The molecule has 0 aliphatic rings. The fourth-order valence-corrected chi connectivity index (χ4v) is 7.02. The van der Waals surface area contributed by atoms with Crippen molar-refractivity contribution in [2.75, 3.05) is 0 Å². The molecule has 0 amide bonds. The number of pyridine rings is 5. The highest BCUT2D eigenvalue weighted by Crippen LogP contribution is 2.42. The van der Waals surface area contributed by atoms with Crippen LogP contribution < -0.4 is 0 Å². The topological polar surface area (TPSA) is 64.5 Å². The fraction of sp³-hybridized carbons (Fsp3) is 0. The van der Waals surface area contributed by atoms with Gasteiger partial charge in [0.25, 0.3) is 0 Å². The SMILES string of the molecule is c1ccc(-c2ccc(-c3ccccc3-c3cc(-c4ccccc4-c4ccncc4)cc(-c4ccccc4-c4ccc(-c5ccccn5)nc4)c3)cn2)nc1. The summed E-state index contributed by atoms with van der Waals surface area (Å²) in [5.74, 6) is 0. The zero-order valence-electron chi connectivity index (χ0n) is 29.3. The molecule has 0 fully saturated rings. The minimum Gasteiger partial charge on any atom is -0.265 e. The molecule has 0 radical (unpaired) electrons. The van der Waals surface area contributed by atoms with Crippen molar-refractivity contribution in [1.29, 1.82) is 0 Å². The lowest BCUT2D eigenvalue weighted by molar-refractivity contribution is 1.25. The molecule has 0 saturated carbocycles. The largest absolute Gasteiger partial charge is 0.265 e. The third-order valence-corrected chi connectivity index (χ3v) is 9.64. The maximum absolute atomic E-state index is 4.83. The summed E-state index contributed by atoms with van der Waals surface area (Å²) >= 11 is 0. The summed E-state index contributed by atoms with van der Waals surface area (Å²) in [6, 6.07) is 56.9. The molecule has 0 unspecified atom stereocenters. The summed E-state index contributed by atoms with van der Waals surface area (Å²) in [6.07, 6.45) is 11.2. The molecule has 0 atom stereocenters. The predicted molar refractivity (Wildman–Crippen MR) is 219 cm³/mol. The van der Waals surface area contributed by atoms with Gasteiger partial charge in [-0.25, -0.2) is 0 Å². The van der Waals surface area contributed by atoms with Gasteiger partial charge in [0.15, 0.2) is 0 Å². The van der Waals surface area contributed by atoms with Gasteiger partial charge in [-0.1, -0.05) is 97.1 Å². The Balaban J connectivity index is 1.21. The van der Waals surface area contributed by atoms with Gasteiger partial charge in [0.2, 0.25) is 0 Å². The molecule has 5 heteroatoms. The summed E-state index contributed by atoms with van der Waals surface area (Å²) in [4.78, 5) is 22.9. The maximum Gasteiger partial charge on any atom is 0.0886 e. The molecule has 254 valence electrons. The average molecular weight is 692 g/mol. The first kappa shape index (κ1) is 32.5. The van der Waals surface area contributed by atoms with Gasteiger partial charge in [0, 0.05) is 48.3 Å². The zero-order chi connectivity index (χ0) is 36.1. The van der Waals surface area contributed by atoms with E-state index in [1.807, 2.05) is 73.3 Å². The van der Waals surface area contributed by atoms with E-state index in [0.29, 0.717) is 0 Å². The van der Waals surface area contributed by atoms with Gasteiger partial charge in [0.05, 0.1) is 22.8 Å². The van der Waals surface area contributed by atoms with Gasteiger partial charge in [-0.3, -0.25) is 24.9 Å². The van der Waals surface area contributed by atoms with Crippen LogP contribution in [0.25, 0.3) is 89.5 Å². The Morgan fingerprint density at radius 2 is 0.593 bits per heavy atom. The van der Waals surface area contributed by atoms with Crippen LogP contribution in [0.2, 0.25) is 0 Å². The van der Waals surface area contributed by atoms with E-state index >= 15 is 0 Å². The van der Waals surface area contributed by atoms with Gasteiger partial charge >= 0.3 is 0 Å². The van der Waals surface area contributed by atoms with Crippen LogP contribution in [0.5, 0.6) is 0 Å². The molecular weight excluding hydrogens is 659 g/mol. The van der Waals surface area contributed by atoms with Crippen LogP contribution >= 0.6 is 0 Å². The van der Waals surface area contributed by atoms with Crippen LogP contribution in [0.4, 0.5) is 0 Å². The first-order chi connectivity index (χ1) is 26.8. The smallest absolute Gasteiger partial charge is 0.0886 e. The molecule has 0 aliphatic heterocycles. The van der Waals surface area contributed by atoms with Crippen molar-refractivity contribution in [3.05, 3.63) is 201 Å². The molecule has 0 spiro atoms. The van der Waals surface area contributed by atoms with E-state index in [4.69, 9.17) is 9.97 Å². The Morgan fingerprint density at radius 3 is 0.944 bits per heavy atom. The molecule has 0 N–H and O–H groups in total. The van der Waals surface area contributed by atoms with Crippen LogP contribution in [0, 0.1) is 0 Å². The lowest BCUT2D eigenvalue weighted by atomic mass is 9.86. The quantitative estimate of drug-likeness (QED) is 0.159. The van der Waals surface area contributed by atoms with E-state index in [1.165, 1.54) is 0 Å². The van der Waals surface area contributed by atoms with Gasteiger partial charge in [-0.15, -0.1) is 0 Å². The number of hydrogen-bond acceptors (Lipinski definition) is 5. The highest BCUT2D eigenvalue weighted by Gasteiger charge is 2.16. The zero-order valence-corrected chi connectivity index (χ0v) is 29.3. The third kappa shape index (κ3) is 6.58. The summed E-state index contributed by atoms with van der Waals surface area (Å²) in [7, 11) is 0. The van der Waals surface area contributed by atoms with E-state index in [1.54, 1.807) is 12.4 Å². The van der Waals surface area contributed by atoms with E-state index < -0.39 is 0 Å². The van der Waals surface area contributed by atoms with Gasteiger partial charge in [-0.05, 0) is 122 Å². The highest BCUT2D eigenvalue weighted by atomic mass is 14.8.